The number of hydrogen-bond acceptors (Lipinski definition) is 1. The van der Waals surface area contributed by atoms with E-state index in [1.54, 1.807) is 0 Å². The van der Waals surface area contributed by atoms with Gasteiger partial charge in [-0.05, 0) is 23.1 Å². The van der Waals surface area contributed by atoms with E-state index in [2.05, 4.69) is 42.6 Å². The molecule has 2 rings (SSSR count). The number of amides is 1. The second-order valence-electron chi connectivity index (χ2n) is 5.75. The Hall–Kier alpha value is -2.35. The molecule has 0 fully saturated rings. The molecule has 1 unspecified atom stereocenters. The zero-order chi connectivity index (χ0) is 16.5. The summed E-state index contributed by atoms with van der Waals surface area (Å²) in [5.74, 6) is -0.0786. The number of rotatable bonds is 7. The van der Waals surface area contributed by atoms with Crippen molar-refractivity contribution >= 4 is 11.5 Å². The van der Waals surface area contributed by atoms with Crippen LogP contribution in [0.25, 0.3) is 5.57 Å². The molecule has 0 aliphatic heterocycles. The predicted molar refractivity (Wildman–Crippen MR) is 97.0 cm³/mol. The summed E-state index contributed by atoms with van der Waals surface area (Å²) in [6.45, 7) is 4.82. The number of benzene rings is 2. The van der Waals surface area contributed by atoms with Gasteiger partial charge >= 0.3 is 0 Å². The van der Waals surface area contributed by atoms with E-state index >= 15 is 0 Å². The zero-order valence-electron chi connectivity index (χ0n) is 14.0. The molecule has 0 saturated heterocycles. The fourth-order valence-corrected chi connectivity index (χ4v) is 2.47. The minimum Gasteiger partial charge on any atom is -0.356 e. The number of carbonyl (C=O) groups excluding carboxylic acids is 1. The Morgan fingerprint density at radius 1 is 1.00 bits per heavy atom. The van der Waals surface area contributed by atoms with Crippen LogP contribution in [0.15, 0.2) is 66.7 Å². The van der Waals surface area contributed by atoms with Crippen LogP contribution in [0.2, 0.25) is 0 Å². The van der Waals surface area contributed by atoms with E-state index in [1.165, 1.54) is 0 Å². The molecule has 2 nitrogen and oxygen atoms in total. The molecule has 23 heavy (non-hydrogen) atoms. The zero-order valence-corrected chi connectivity index (χ0v) is 14.0. The van der Waals surface area contributed by atoms with E-state index in [4.69, 9.17) is 0 Å². The summed E-state index contributed by atoms with van der Waals surface area (Å²) in [6, 6.07) is 20.5. The smallest absolute Gasteiger partial charge is 0.226 e. The van der Waals surface area contributed by atoms with Crippen LogP contribution in [-0.2, 0) is 4.79 Å². The second kappa shape index (κ2) is 8.94. The molecule has 0 bridgehead atoms. The Labute approximate surface area is 139 Å². The van der Waals surface area contributed by atoms with Gasteiger partial charge in [0.2, 0.25) is 5.91 Å². The Balaban J connectivity index is 2.25. The Bertz CT molecular complexity index is 590. The minimum atomic E-state index is -0.165. The van der Waals surface area contributed by atoms with Gasteiger partial charge in [-0.15, -0.1) is 0 Å². The van der Waals surface area contributed by atoms with Crippen LogP contribution in [0.4, 0.5) is 0 Å². The Morgan fingerprint density at radius 2 is 1.52 bits per heavy atom. The van der Waals surface area contributed by atoms with Gasteiger partial charge in [-0.25, -0.2) is 0 Å². The minimum absolute atomic E-state index is 0.0859. The van der Waals surface area contributed by atoms with Crippen molar-refractivity contribution in [3.05, 3.63) is 77.9 Å². The highest BCUT2D eigenvalue weighted by molar-refractivity contribution is 5.86. The van der Waals surface area contributed by atoms with Gasteiger partial charge in [0, 0.05) is 6.54 Å². The molecule has 0 aromatic heterocycles. The SMILES string of the molecule is CCCCNC(=O)C(C)C=C(c1ccccc1)c1ccccc1. The molecule has 1 N–H and O–H groups in total. The molecular weight excluding hydrogens is 282 g/mol. The molecule has 0 aliphatic rings. The first-order valence-electron chi connectivity index (χ1n) is 8.32. The van der Waals surface area contributed by atoms with Crippen LogP contribution in [0, 0.1) is 5.92 Å². The van der Waals surface area contributed by atoms with E-state index in [1.807, 2.05) is 43.3 Å². The van der Waals surface area contributed by atoms with E-state index in [0.717, 1.165) is 36.1 Å². The molecule has 0 heterocycles. The first kappa shape index (κ1) is 17.0. The van der Waals surface area contributed by atoms with E-state index in [0.29, 0.717) is 0 Å². The van der Waals surface area contributed by atoms with Gasteiger partial charge in [0.25, 0.3) is 0 Å². The molecule has 1 atom stereocenters. The predicted octanol–water partition coefficient (Wildman–Crippen LogP) is 4.67. The first-order valence-corrected chi connectivity index (χ1v) is 8.32. The average Bonchev–Trinajstić information content (AvgIpc) is 2.61. The van der Waals surface area contributed by atoms with Crippen LogP contribution < -0.4 is 5.32 Å². The van der Waals surface area contributed by atoms with Crippen molar-refractivity contribution in [3.8, 4) is 0 Å². The van der Waals surface area contributed by atoms with Gasteiger partial charge in [-0.3, -0.25) is 4.79 Å². The molecular formula is C21H25NO. The number of carbonyl (C=O) groups is 1. The van der Waals surface area contributed by atoms with Gasteiger partial charge < -0.3 is 5.32 Å². The summed E-state index contributed by atoms with van der Waals surface area (Å²) >= 11 is 0. The summed E-state index contributed by atoms with van der Waals surface area (Å²) in [5.41, 5.74) is 3.36. The van der Waals surface area contributed by atoms with Gasteiger partial charge in [-0.2, -0.15) is 0 Å². The van der Waals surface area contributed by atoms with Crippen LogP contribution in [0.5, 0.6) is 0 Å². The van der Waals surface area contributed by atoms with Crippen molar-refractivity contribution in [3.63, 3.8) is 0 Å². The van der Waals surface area contributed by atoms with E-state index < -0.39 is 0 Å². The number of nitrogens with one attached hydrogen (secondary N) is 1. The fourth-order valence-electron chi connectivity index (χ4n) is 2.47. The van der Waals surface area contributed by atoms with Gasteiger partial charge in [-0.1, -0.05) is 87.0 Å². The summed E-state index contributed by atoms with van der Waals surface area (Å²) < 4.78 is 0. The Morgan fingerprint density at radius 3 is 2.00 bits per heavy atom. The lowest BCUT2D eigenvalue weighted by molar-refractivity contribution is -0.123. The van der Waals surface area contributed by atoms with Gasteiger partial charge in [0.05, 0.1) is 5.92 Å². The van der Waals surface area contributed by atoms with Crippen molar-refractivity contribution < 1.29 is 4.79 Å². The van der Waals surface area contributed by atoms with E-state index in [-0.39, 0.29) is 11.8 Å². The average molecular weight is 307 g/mol. The quantitative estimate of drug-likeness (QED) is 0.740. The van der Waals surface area contributed by atoms with Crippen molar-refractivity contribution in [1.82, 2.24) is 5.32 Å². The Kier molecular flexibility index (Phi) is 6.61. The largest absolute Gasteiger partial charge is 0.356 e. The number of hydrogen-bond donors (Lipinski definition) is 1. The highest BCUT2D eigenvalue weighted by atomic mass is 16.1. The standard InChI is InChI=1S/C21H25NO/c1-3-4-15-22-21(23)17(2)16-20(18-11-7-5-8-12-18)19-13-9-6-10-14-19/h5-14,16-17H,3-4,15H2,1-2H3,(H,22,23). The van der Waals surface area contributed by atoms with Gasteiger partial charge in [0.1, 0.15) is 0 Å². The highest BCUT2D eigenvalue weighted by Gasteiger charge is 2.13. The van der Waals surface area contributed by atoms with Crippen LogP contribution in [0.1, 0.15) is 37.8 Å². The second-order valence-corrected chi connectivity index (χ2v) is 5.75. The van der Waals surface area contributed by atoms with Crippen LogP contribution >= 0.6 is 0 Å². The van der Waals surface area contributed by atoms with Crippen molar-refractivity contribution in [2.45, 2.75) is 26.7 Å². The summed E-state index contributed by atoms with van der Waals surface area (Å²) in [4.78, 5) is 12.3. The van der Waals surface area contributed by atoms with Gasteiger partial charge in [0.15, 0.2) is 0 Å². The monoisotopic (exact) mass is 307 g/mol. The molecule has 0 radical (unpaired) electrons. The summed E-state index contributed by atoms with van der Waals surface area (Å²) in [7, 11) is 0. The summed E-state index contributed by atoms with van der Waals surface area (Å²) in [5, 5.41) is 3.01. The lowest BCUT2D eigenvalue weighted by Crippen LogP contribution is -2.29. The fraction of sp³-hybridized carbons (Fsp3) is 0.286. The third-order valence-corrected chi connectivity index (χ3v) is 3.83. The molecule has 2 aromatic carbocycles. The third kappa shape index (κ3) is 5.10. The molecule has 120 valence electrons. The lowest BCUT2D eigenvalue weighted by Gasteiger charge is -2.13. The highest BCUT2D eigenvalue weighted by Crippen LogP contribution is 2.24. The van der Waals surface area contributed by atoms with Crippen LogP contribution in [0.3, 0.4) is 0 Å². The first-order chi connectivity index (χ1) is 11.2. The summed E-state index contributed by atoms with van der Waals surface area (Å²) in [6.07, 6.45) is 4.17. The maximum Gasteiger partial charge on any atom is 0.226 e. The number of unbranched alkanes of at least 4 members (excludes halogenated alkanes) is 1. The van der Waals surface area contributed by atoms with Crippen molar-refractivity contribution in [1.29, 1.82) is 0 Å². The maximum absolute atomic E-state index is 12.3. The van der Waals surface area contributed by atoms with E-state index in [9.17, 15) is 4.79 Å². The van der Waals surface area contributed by atoms with Crippen LogP contribution in [-0.4, -0.2) is 12.5 Å². The molecule has 1 amide bonds. The maximum atomic E-state index is 12.3. The molecule has 2 aromatic rings. The molecule has 0 aliphatic carbocycles. The lowest BCUT2D eigenvalue weighted by atomic mass is 9.94. The topological polar surface area (TPSA) is 29.1 Å². The molecule has 0 saturated carbocycles. The molecule has 0 spiro atoms. The normalized spacial score (nSPS) is 11.6. The molecule has 2 heteroatoms. The van der Waals surface area contributed by atoms with Crippen molar-refractivity contribution in [2.75, 3.05) is 6.54 Å². The third-order valence-electron chi connectivity index (χ3n) is 3.83. The van der Waals surface area contributed by atoms with Crippen molar-refractivity contribution in [2.24, 2.45) is 5.92 Å².